The lowest BCUT2D eigenvalue weighted by atomic mass is 10.2. The summed E-state index contributed by atoms with van der Waals surface area (Å²) in [5, 5.41) is 3.07. The molecule has 0 spiro atoms. The average molecular weight is 337 g/mol. The van der Waals surface area contributed by atoms with Crippen LogP contribution in [0.4, 0.5) is 5.69 Å². The first kappa shape index (κ1) is 16.1. The van der Waals surface area contributed by atoms with Crippen molar-refractivity contribution in [2.45, 2.75) is 31.7 Å². The Bertz CT molecular complexity index is 731. The highest BCUT2D eigenvalue weighted by Crippen LogP contribution is 2.33. The summed E-state index contributed by atoms with van der Waals surface area (Å²) in [7, 11) is 0. The van der Waals surface area contributed by atoms with Gasteiger partial charge in [-0.2, -0.15) is 0 Å². The van der Waals surface area contributed by atoms with Crippen LogP contribution < -0.4 is 10.1 Å². The number of para-hydroxylation sites is 2. The molecule has 130 valence electrons. The minimum Gasteiger partial charge on any atom is -0.454 e. The molecule has 1 aromatic carbocycles. The number of hydrogen-bond donors (Lipinski definition) is 1. The minimum absolute atomic E-state index is 0.0213. The average Bonchev–Trinajstić information content (AvgIpc) is 3.32. The maximum absolute atomic E-state index is 12.8. The Labute approximate surface area is 148 Å². The molecule has 5 nitrogen and oxygen atoms in total. The molecule has 25 heavy (non-hydrogen) atoms. The van der Waals surface area contributed by atoms with Crippen LogP contribution in [0, 0.1) is 5.92 Å². The number of pyridine rings is 1. The number of likely N-dealkylation sites (tertiary alicyclic amines) is 1. The van der Waals surface area contributed by atoms with Gasteiger partial charge in [0.1, 0.15) is 5.75 Å². The monoisotopic (exact) mass is 337 g/mol. The number of rotatable bonds is 6. The summed E-state index contributed by atoms with van der Waals surface area (Å²) in [6, 6.07) is 11.2. The van der Waals surface area contributed by atoms with Gasteiger partial charge in [0.15, 0.2) is 5.75 Å². The highest BCUT2D eigenvalue weighted by molar-refractivity contribution is 5.96. The van der Waals surface area contributed by atoms with Crippen molar-refractivity contribution in [1.82, 2.24) is 9.88 Å². The maximum Gasteiger partial charge on any atom is 0.241 e. The summed E-state index contributed by atoms with van der Waals surface area (Å²) >= 11 is 0. The Morgan fingerprint density at radius 1 is 1.20 bits per heavy atom. The molecule has 1 aliphatic heterocycles. The lowest BCUT2D eigenvalue weighted by Crippen LogP contribution is -2.40. The highest BCUT2D eigenvalue weighted by atomic mass is 16.5. The quantitative estimate of drug-likeness (QED) is 0.873. The van der Waals surface area contributed by atoms with Gasteiger partial charge in [0.05, 0.1) is 17.9 Å². The molecule has 5 heteroatoms. The predicted octanol–water partition coefficient (Wildman–Crippen LogP) is 3.69. The Morgan fingerprint density at radius 2 is 2.08 bits per heavy atom. The summed E-state index contributed by atoms with van der Waals surface area (Å²) < 4.78 is 5.88. The molecule has 2 aromatic rings. The van der Waals surface area contributed by atoms with Crippen LogP contribution in [0.15, 0.2) is 48.8 Å². The standard InChI is InChI=1S/C20H23N3O2/c24-20(18-7-4-12-23(18)14-15-9-10-15)22-17-6-1-2-8-19(17)25-16-5-3-11-21-13-16/h1-3,5-6,8,11,13,15,18H,4,7,9-10,12,14H2,(H,22,24)/t18-/m1/s1. The molecule has 0 bridgehead atoms. The number of aromatic nitrogens is 1. The minimum atomic E-state index is -0.0213. The molecular weight excluding hydrogens is 314 g/mol. The highest BCUT2D eigenvalue weighted by Gasteiger charge is 2.34. The van der Waals surface area contributed by atoms with Crippen molar-refractivity contribution in [3.8, 4) is 11.5 Å². The first-order valence-electron chi connectivity index (χ1n) is 9.01. The van der Waals surface area contributed by atoms with Gasteiger partial charge >= 0.3 is 0 Å². The van der Waals surface area contributed by atoms with Crippen molar-refractivity contribution in [3.63, 3.8) is 0 Å². The second-order valence-electron chi connectivity index (χ2n) is 6.87. The number of ether oxygens (including phenoxy) is 1. The first-order valence-corrected chi connectivity index (χ1v) is 9.01. The van der Waals surface area contributed by atoms with Crippen LogP contribution in [-0.2, 0) is 4.79 Å². The molecule has 0 radical (unpaired) electrons. The largest absolute Gasteiger partial charge is 0.454 e. The van der Waals surface area contributed by atoms with Crippen LogP contribution in [0.5, 0.6) is 11.5 Å². The molecule has 1 amide bonds. The summed E-state index contributed by atoms with van der Waals surface area (Å²) in [4.78, 5) is 19.2. The summed E-state index contributed by atoms with van der Waals surface area (Å²) in [6.07, 6.45) is 8.02. The van der Waals surface area contributed by atoms with E-state index in [1.54, 1.807) is 12.4 Å². The van der Waals surface area contributed by atoms with E-state index >= 15 is 0 Å². The molecule has 4 rings (SSSR count). The second kappa shape index (κ2) is 7.23. The van der Waals surface area contributed by atoms with Crippen molar-refractivity contribution in [2.75, 3.05) is 18.4 Å². The van der Waals surface area contributed by atoms with Gasteiger partial charge in [0.25, 0.3) is 0 Å². The van der Waals surface area contributed by atoms with Crippen LogP contribution >= 0.6 is 0 Å². The first-order chi connectivity index (χ1) is 12.3. The molecule has 1 aliphatic carbocycles. The molecule has 2 aliphatic rings. The zero-order valence-electron chi connectivity index (χ0n) is 14.2. The molecule has 2 fully saturated rings. The zero-order valence-corrected chi connectivity index (χ0v) is 14.2. The molecule has 0 unspecified atom stereocenters. The van der Waals surface area contributed by atoms with Gasteiger partial charge < -0.3 is 10.1 Å². The van der Waals surface area contributed by atoms with Gasteiger partial charge in [-0.3, -0.25) is 14.7 Å². The summed E-state index contributed by atoms with van der Waals surface area (Å²) in [5.74, 6) is 2.16. The number of nitrogens with zero attached hydrogens (tertiary/aromatic N) is 2. The zero-order chi connectivity index (χ0) is 17.1. The molecule has 1 aromatic heterocycles. The smallest absolute Gasteiger partial charge is 0.241 e. The Hall–Kier alpha value is -2.40. The molecule has 2 heterocycles. The van der Waals surface area contributed by atoms with Gasteiger partial charge in [-0.25, -0.2) is 0 Å². The number of benzene rings is 1. The van der Waals surface area contributed by atoms with E-state index in [0.29, 0.717) is 17.2 Å². The lowest BCUT2D eigenvalue weighted by molar-refractivity contribution is -0.120. The van der Waals surface area contributed by atoms with Crippen molar-refractivity contribution in [3.05, 3.63) is 48.8 Å². The fourth-order valence-electron chi connectivity index (χ4n) is 3.38. The third-order valence-electron chi connectivity index (χ3n) is 4.86. The van der Waals surface area contributed by atoms with E-state index in [4.69, 9.17) is 4.74 Å². The van der Waals surface area contributed by atoms with Crippen LogP contribution in [0.3, 0.4) is 0 Å². The number of hydrogen-bond acceptors (Lipinski definition) is 4. The van der Waals surface area contributed by atoms with E-state index in [-0.39, 0.29) is 11.9 Å². The molecule has 1 saturated heterocycles. The van der Waals surface area contributed by atoms with Crippen LogP contribution in [0.2, 0.25) is 0 Å². The summed E-state index contributed by atoms with van der Waals surface area (Å²) in [6.45, 7) is 2.09. The van der Waals surface area contributed by atoms with Gasteiger partial charge in [-0.05, 0) is 62.4 Å². The van der Waals surface area contributed by atoms with Crippen LogP contribution in [0.25, 0.3) is 0 Å². The van der Waals surface area contributed by atoms with E-state index in [1.807, 2.05) is 36.4 Å². The van der Waals surface area contributed by atoms with E-state index in [1.165, 1.54) is 12.8 Å². The Kier molecular flexibility index (Phi) is 4.65. The Balaban J connectivity index is 1.45. The molecule has 1 atom stereocenters. The third kappa shape index (κ3) is 3.99. The van der Waals surface area contributed by atoms with Crippen LogP contribution in [-0.4, -0.2) is 34.9 Å². The van der Waals surface area contributed by atoms with Gasteiger partial charge in [0, 0.05) is 12.7 Å². The van der Waals surface area contributed by atoms with Gasteiger partial charge in [-0.1, -0.05) is 12.1 Å². The SMILES string of the molecule is O=C(Nc1ccccc1Oc1cccnc1)[C@H]1CCCN1CC1CC1. The van der Waals surface area contributed by atoms with E-state index in [2.05, 4.69) is 15.2 Å². The van der Waals surface area contributed by atoms with Gasteiger partial charge in [0.2, 0.25) is 5.91 Å². The predicted molar refractivity (Wildman–Crippen MR) is 96.7 cm³/mol. The number of anilines is 1. The van der Waals surface area contributed by atoms with Crippen molar-refractivity contribution in [1.29, 1.82) is 0 Å². The maximum atomic E-state index is 12.8. The molecule has 1 N–H and O–H groups in total. The van der Waals surface area contributed by atoms with E-state index < -0.39 is 0 Å². The fraction of sp³-hybridized carbons (Fsp3) is 0.400. The summed E-state index contributed by atoms with van der Waals surface area (Å²) in [5.41, 5.74) is 0.703. The van der Waals surface area contributed by atoms with Gasteiger partial charge in [-0.15, -0.1) is 0 Å². The van der Waals surface area contributed by atoms with Crippen molar-refractivity contribution in [2.24, 2.45) is 5.92 Å². The fourth-order valence-corrected chi connectivity index (χ4v) is 3.38. The number of carbonyl (C=O) groups excluding carboxylic acids is 1. The number of amides is 1. The second-order valence-corrected chi connectivity index (χ2v) is 6.87. The van der Waals surface area contributed by atoms with Crippen molar-refractivity contribution >= 4 is 11.6 Å². The van der Waals surface area contributed by atoms with Crippen molar-refractivity contribution < 1.29 is 9.53 Å². The number of nitrogens with one attached hydrogen (secondary N) is 1. The van der Waals surface area contributed by atoms with E-state index in [9.17, 15) is 4.79 Å². The van der Waals surface area contributed by atoms with Crippen LogP contribution in [0.1, 0.15) is 25.7 Å². The Morgan fingerprint density at radius 3 is 2.88 bits per heavy atom. The molecular formula is C20H23N3O2. The third-order valence-corrected chi connectivity index (χ3v) is 4.86. The van der Waals surface area contributed by atoms with E-state index in [0.717, 1.165) is 31.8 Å². The lowest BCUT2D eigenvalue weighted by Gasteiger charge is -2.24. The normalized spacial score (nSPS) is 20.4. The number of carbonyl (C=O) groups is 1. The topological polar surface area (TPSA) is 54.5 Å². The molecule has 1 saturated carbocycles.